The van der Waals surface area contributed by atoms with E-state index in [2.05, 4.69) is 10.1 Å². The van der Waals surface area contributed by atoms with Crippen LogP contribution < -0.4 is 25.2 Å². The predicted octanol–water partition coefficient (Wildman–Crippen LogP) is 3.88. The number of alkyl halides is 3. The third-order valence-electron chi connectivity index (χ3n) is 6.55. The van der Waals surface area contributed by atoms with Crippen LogP contribution in [0.15, 0.2) is 59.5 Å². The first-order valence-electron chi connectivity index (χ1n) is 12.1. The number of aryl methyl sites for hydroxylation is 1. The number of nitrogens with one attached hydrogen (secondary N) is 1. The Morgan fingerprint density at radius 1 is 1.07 bits per heavy atom. The van der Waals surface area contributed by atoms with Crippen molar-refractivity contribution in [3.63, 3.8) is 0 Å². The fraction of sp³-hybridized carbons (Fsp3) is 0.296. The molecule has 1 saturated heterocycles. The molecule has 2 atom stereocenters. The summed E-state index contributed by atoms with van der Waals surface area (Å²) in [5, 5.41) is 2.53. The fourth-order valence-electron chi connectivity index (χ4n) is 4.65. The molecule has 0 aliphatic carbocycles. The van der Waals surface area contributed by atoms with Crippen molar-refractivity contribution in [1.82, 2.24) is 9.88 Å². The monoisotopic (exact) mass is 565 g/mol. The Kier molecular flexibility index (Phi) is 8.70. The van der Waals surface area contributed by atoms with Crippen LogP contribution in [0.25, 0.3) is 0 Å². The van der Waals surface area contributed by atoms with Crippen LogP contribution in [-0.4, -0.2) is 49.9 Å². The number of methoxy groups -OCH3 is 1. The first-order chi connectivity index (χ1) is 19.1. The van der Waals surface area contributed by atoms with Gasteiger partial charge < -0.3 is 24.3 Å². The molecule has 2 heterocycles. The molecule has 40 heavy (non-hydrogen) atoms. The molecule has 2 aromatic carbocycles. The molecule has 1 fully saturated rings. The zero-order valence-electron chi connectivity index (χ0n) is 21.1. The zero-order valence-corrected chi connectivity index (χ0v) is 21.1. The second kappa shape index (κ2) is 12.2. The Morgan fingerprint density at radius 2 is 1.75 bits per heavy atom. The topological polar surface area (TPSA) is 89.9 Å². The van der Waals surface area contributed by atoms with Crippen molar-refractivity contribution in [2.45, 2.75) is 19.1 Å². The maximum Gasteiger partial charge on any atom is 0.387 e. The van der Waals surface area contributed by atoms with E-state index in [1.54, 1.807) is 0 Å². The van der Waals surface area contributed by atoms with Crippen LogP contribution in [0.1, 0.15) is 21.8 Å². The quantitative estimate of drug-likeness (QED) is 0.377. The van der Waals surface area contributed by atoms with Crippen molar-refractivity contribution in [3.05, 3.63) is 87.8 Å². The maximum atomic E-state index is 15.1. The number of rotatable bonds is 10. The van der Waals surface area contributed by atoms with E-state index in [4.69, 9.17) is 4.74 Å². The lowest BCUT2D eigenvalue weighted by Gasteiger charge is -2.19. The second-order valence-corrected chi connectivity index (χ2v) is 8.86. The molecule has 1 aromatic heterocycles. The summed E-state index contributed by atoms with van der Waals surface area (Å²) in [7, 11) is 1.23. The summed E-state index contributed by atoms with van der Waals surface area (Å²) in [5.74, 6) is -5.91. The van der Waals surface area contributed by atoms with Gasteiger partial charge in [0.15, 0.2) is 0 Å². The van der Waals surface area contributed by atoms with E-state index in [0.717, 1.165) is 33.7 Å². The summed E-state index contributed by atoms with van der Waals surface area (Å²) in [5.41, 5.74) is -1.15. The van der Waals surface area contributed by atoms with E-state index in [0.29, 0.717) is 0 Å². The van der Waals surface area contributed by atoms with Crippen molar-refractivity contribution in [1.29, 1.82) is 0 Å². The molecule has 1 aliphatic heterocycles. The summed E-state index contributed by atoms with van der Waals surface area (Å²) < 4.78 is 78.1. The molecule has 1 unspecified atom stereocenters. The molecule has 3 aromatic rings. The van der Waals surface area contributed by atoms with Crippen LogP contribution in [0.4, 0.5) is 27.6 Å². The van der Waals surface area contributed by atoms with E-state index >= 15 is 8.78 Å². The van der Waals surface area contributed by atoms with Crippen LogP contribution in [0, 0.1) is 17.6 Å². The average molecular weight is 565 g/mol. The first-order valence-corrected chi connectivity index (χ1v) is 12.1. The average Bonchev–Trinajstić information content (AvgIpc) is 3.23. The molecular weight excluding hydrogens is 541 g/mol. The highest BCUT2D eigenvalue weighted by Crippen LogP contribution is 2.39. The number of aromatic nitrogens is 1. The van der Waals surface area contributed by atoms with Gasteiger partial charge in [0.25, 0.3) is 11.5 Å². The van der Waals surface area contributed by atoms with Crippen LogP contribution in [0.2, 0.25) is 0 Å². The molecule has 2 amide bonds. The number of carbonyl (C=O) groups is 2. The van der Waals surface area contributed by atoms with Gasteiger partial charge in [0.2, 0.25) is 5.91 Å². The Hall–Kier alpha value is -4.42. The van der Waals surface area contributed by atoms with Gasteiger partial charge in [-0.15, -0.1) is 0 Å². The van der Waals surface area contributed by atoms with Crippen molar-refractivity contribution in [2.24, 2.45) is 5.92 Å². The van der Waals surface area contributed by atoms with Crippen molar-refractivity contribution >= 4 is 17.5 Å². The number of anilines is 1. The van der Waals surface area contributed by atoms with E-state index in [9.17, 15) is 27.6 Å². The minimum atomic E-state index is -3.04. The third kappa shape index (κ3) is 5.92. The van der Waals surface area contributed by atoms with Gasteiger partial charge >= 0.3 is 6.61 Å². The summed E-state index contributed by atoms with van der Waals surface area (Å²) in [6.45, 7) is -4.79. The van der Waals surface area contributed by atoms with Gasteiger partial charge in [0.05, 0.1) is 19.6 Å². The van der Waals surface area contributed by atoms with Crippen molar-refractivity contribution in [3.8, 4) is 11.5 Å². The highest BCUT2D eigenvalue weighted by molar-refractivity contribution is 5.99. The molecule has 13 heteroatoms. The predicted molar refractivity (Wildman–Crippen MR) is 134 cm³/mol. The first kappa shape index (κ1) is 28.6. The van der Waals surface area contributed by atoms with Crippen LogP contribution >= 0.6 is 0 Å². The minimum Gasteiger partial charge on any atom is -0.497 e. The summed E-state index contributed by atoms with van der Waals surface area (Å²) >= 11 is 0. The van der Waals surface area contributed by atoms with Gasteiger partial charge in [-0.05, 0) is 36.4 Å². The molecule has 0 saturated carbocycles. The molecule has 212 valence electrons. The minimum absolute atomic E-state index is 0.0550. The number of benzene rings is 2. The lowest BCUT2D eigenvalue weighted by atomic mass is 9.87. The number of hydrogen-bond donors (Lipinski definition) is 1. The SMILES string of the molecule is COc1cc(F)c([C@@H]2CN(c3cccn(CCF)c3=O)C(=O)C2CNC(=O)c2ccc(OC(F)F)cc2)c(F)c1. The molecule has 0 spiro atoms. The van der Waals surface area contributed by atoms with Gasteiger partial charge in [-0.3, -0.25) is 14.4 Å². The lowest BCUT2D eigenvalue weighted by molar-refractivity contribution is -0.120. The van der Waals surface area contributed by atoms with Crippen LogP contribution in [0.3, 0.4) is 0 Å². The van der Waals surface area contributed by atoms with E-state index < -0.39 is 59.7 Å². The molecule has 1 aliphatic rings. The summed E-state index contributed by atoms with van der Waals surface area (Å²) in [6, 6.07) is 9.48. The molecular formula is C27H24F5N3O5. The number of amides is 2. The lowest BCUT2D eigenvalue weighted by Crippen LogP contribution is -2.38. The zero-order chi connectivity index (χ0) is 29.0. The number of halogens is 5. The van der Waals surface area contributed by atoms with E-state index in [-0.39, 0.29) is 42.4 Å². The largest absolute Gasteiger partial charge is 0.497 e. The van der Waals surface area contributed by atoms with Gasteiger partial charge in [0.1, 0.15) is 35.5 Å². The Morgan fingerprint density at radius 3 is 2.35 bits per heavy atom. The van der Waals surface area contributed by atoms with Crippen LogP contribution in [-0.2, 0) is 11.3 Å². The molecule has 0 bridgehead atoms. The van der Waals surface area contributed by atoms with Crippen LogP contribution in [0.5, 0.6) is 11.5 Å². The number of hydrogen-bond acceptors (Lipinski definition) is 5. The Bertz CT molecular complexity index is 1420. The van der Waals surface area contributed by atoms with Crippen molar-refractivity contribution < 1.29 is 41.0 Å². The molecule has 8 nitrogen and oxygen atoms in total. The van der Waals surface area contributed by atoms with Crippen molar-refractivity contribution in [2.75, 3.05) is 31.8 Å². The number of pyridine rings is 1. The molecule has 1 N–H and O–H groups in total. The molecule has 0 radical (unpaired) electrons. The second-order valence-electron chi connectivity index (χ2n) is 8.86. The standard InChI is InChI=1S/C27H24F5N3O5/c1-39-17-11-20(29)23(21(30)12-17)19-14-35(22-3-2-9-34(10-8-28)26(22)38)25(37)18(19)13-33-24(36)15-4-6-16(7-5-15)40-27(31)32/h2-7,9,11-12,18-19,27H,8,10,13-14H2,1H3,(H,33,36)/t18?,19-/m1/s1. The van der Waals surface area contributed by atoms with Gasteiger partial charge in [0, 0.05) is 48.5 Å². The van der Waals surface area contributed by atoms with E-state index in [1.165, 1.54) is 37.6 Å². The molecule has 4 rings (SSSR count). The van der Waals surface area contributed by atoms with Gasteiger partial charge in [-0.2, -0.15) is 8.78 Å². The van der Waals surface area contributed by atoms with Gasteiger partial charge in [-0.25, -0.2) is 13.2 Å². The number of nitrogens with zero attached hydrogens (tertiary/aromatic N) is 2. The Balaban J connectivity index is 1.65. The number of carbonyl (C=O) groups excluding carboxylic acids is 2. The normalized spacial score (nSPS) is 16.9. The number of ether oxygens (including phenoxy) is 2. The van der Waals surface area contributed by atoms with Gasteiger partial charge in [-0.1, -0.05) is 0 Å². The maximum absolute atomic E-state index is 15.1. The fourth-order valence-corrected chi connectivity index (χ4v) is 4.65. The smallest absolute Gasteiger partial charge is 0.387 e. The highest BCUT2D eigenvalue weighted by Gasteiger charge is 2.45. The Labute approximate surface area is 224 Å². The summed E-state index contributed by atoms with van der Waals surface area (Å²) in [6.07, 6.45) is 1.35. The summed E-state index contributed by atoms with van der Waals surface area (Å²) in [4.78, 5) is 40.3. The third-order valence-corrected chi connectivity index (χ3v) is 6.55. The highest BCUT2D eigenvalue weighted by atomic mass is 19.3. The van der Waals surface area contributed by atoms with E-state index in [1.807, 2.05) is 0 Å².